The summed E-state index contributed by atoms with van der Waals surface area (Å²) in [7, 11) is 0. The fourth-order valence-electron chi connectivity index (χ4n) is 3.97. The lowest BCUT2D eigenvalue weighted by Crippen LogP contribution is -2.07. The van der Waals surface area contributed by atoms with Crippen molar-refractivity contribution in [3.8, 4) is 5.75 Å². The molecule has 0 saturated carbocycles. The van der Waals surface area contributed by atoms with E-state index in [4.69, 9.17) is 4.74 Å². The number of halogens is 5. The van der Waals surface area contributed by atoms with Crippen LogP contribution >= 0.6 is 0 Å². The van der Waals surface area contributed by atoms with E-state index in [1.807, 2.05) is 66.1 Å². The lowest BCUT2D eigenvalue weighted by atomic mass is 10.0. The van der Waals surface area contributed by atoms with E-state index in [0.717, 1.165) is 27.1 Å². The van der Waals surface area contributed by atoms with Crippen molar-refractivity contribution < 1.29 is 26.7 Å². The molecule has 0 spiro atoms. The van der Waals surface area contributed by atoms with Crippen LogP contribution in [0.25, 0.3) is 21.5 Å². The molecule has 0 saturated heterocycles. The Labute approximate surface area is 202 Å². The minimum Gasteiger partial charge on any atom is -0.488 e. The molecule has 0 atom stereocenters. The minimum atomic E-state index is -2.24. The number of hydrogen-bond donors (Lipinski definition) is 1. The Balaban J connectivity index is 1.49. The highest BCUT2D eigenvalue weighted by atomic mass is 19.2. The Bertz CT molecular complexity index is 1600. The largest absolute Gasteiger partial charge is 0.488 e. The number of nitrogens with zero attached hydrogens (tertiary/aromatic N) is 1. The van der Waals surface area contributed by atoms with Gasteiger partial charge in [-0.3, -0.25) is 5.43 Å². The van der Waals surface area contributed by atoms with Gasteiger partial charge in [-0.2, -0.15) is 5.10 Å². The van der Waals surface area contributed by atoms with Crippen molar-refractivity contribution in [3.05, 3.63) is 119 Å². The molecule has 5 aromatic carbocycles. The van der Waals surface area contributed by atoms with Gasteiger partial charge < -0.3 is 4.74 Å². The van der Waals surface area contributed by atoms with Crippen LogP contribution in [0, 0.1) is 29.1 Å². The van der Waals surface area contributed by atoms with E-state index in [0.29, 0.717) is 11.3 Å². The van der Waals surface area contributed by atoms with E-state index in [1.165, 1.54) is 6.21 Å². The van der Waals surface area contributed by atoms with Crippen molar-refractivity contribution in [2.24, 2.45) is 5.10 Å². The molecule has 1 N–H and O–H groups in total. The van der Waals surface area contributed by atoms with Gasteiger partial charge in [0.25, 0.3) is 0 Å². The van der Waals surface area contributed by atoms with Gasteiger partial charge in [0.15, 0.2) is 23.3 Å². The van der Waals surface area contributed by atoms with Crippen LogP contribution in [0.15, 0.2) is 84.0 Å². The van der Waals surface area contributed by atoms with Crippen molar-refractivity contribution in [1.29, 1.82) is 0 Å². The number of hydrogen-bond acceptors (Lipinski definition) is 3. The Morgan fingerprint density at radius 2 is 1.22 bits per heavy atom. The van der Waals surface area contributed by atoms with Crippen LogP contribution in [0.4, 0.5) is 27.6 Å². The minimum absolute atomic E-state index is 0.228. The van der Waals surface area contributed by atoms with E-state index in [9.17, 15) is 22.0 Å². The monoisotopic (exact) mass is 492 g/mol. The Morgan fingerprint density at radius 1 is 0.639 bits per heavy atom. The smallest absolute Gasteiger partial charge is 0.200 e. The van der Waals surface area contributed by atoms with Gasteiger partial charge in [0.1, 0.15) is 18.0 Å². The highest BCUT2D eigenvalue weighted by molar-refractivity contribution is 6.02. The highest BCUT2D eigenvalue weighted by Crippen LogP contribution is 2.30. The van der Waals surface area contributed by atoms with Crippen LogP contribution in [0.3, 0.4) is 0 Å². The lowest BCUT2D eigenvalue weighted by molar-refractivity contribution is 0.307. The lowest BCUT2D eigenvalue weighted by Gasteiger charge is -2.13. The van der Waals surface area contributed by atoms with E-state index < -0.39 is 34.8 Å². The van der Waals surface area contributed by atoms with Crippen molar-refractivity contribution in [2.45, 2.75) is 6.61 Å². The molecule has 0 unspecified atom stereocenters. The van der Waals surface area contributed by atoms with E-state index in [-0.39, 0.29) is 6.61 Å². The number of rotatable bonds is 6. The maximum atomic E-state index is 14.0. The number of benzene rings is 5. The van der Waals surface area contributed by atoms with Gasteiger partial charge in [-0.1, -0.05) is 72.8 Å². The molecule has 0 aromatic heterocycles. The standard InChI is InChI=1S/C28H17F5N2O/c29-23-24(30)26(32)28(27(33)25(23)31)35-34-14-21-20-11-4-2-7-17(20)12-13-22(21)36-15-18-9-5-8-16-6-1-3-10-19(16)18/h1-14,35H,15H2/b34-14+. The quantitative estimate of drug-likeness (QED) is 0.0866. The number of hydrazone groups is 1. The van der Waals surface area contributed by atoms with Gasteiger partial charge in [-0.15, -0.1) is 0 Å². The number of ether oxygens (including phenoxy) is 1. The summed E-state index contributed by atoms with van der Waals surface area (Å²) >= 11 is 0. The molecule has 0 heterocycles. The van der Waals surface area contributed by atoms with Gasteiger partial charge in [0.05, 0.1) is 6.21 Å². The third-order valence-corrected chi connectivity index (χ3v) is 5.77. The third-order valence-electron chi connectivity index (χ3n) is 5.77. The van der Waals surface area contributed by atoms with Crippen LogP contribution in [0.1, 0.15) is 11.1 Å². The van der Waals surface area contributed by atoms with E-state index >= 15 is 0 Å². The molecule has 0 aliphatic rings. The Morgan fingerprint density at radius 3 is 1.94 bits per heavy atom. The normalized spacial score (nSPS) is 11.5. The molecule has 0 fully saturated rings. The Hall–Kier alpha value is -4.46. The summed E-state index contributed by atoms with van der Waals surface area (Å²) in [6.07, 6.45) is 1.22. The highest BCUT2D eigenvalue weighted by Gasteiger charge is 2.25. The molecule has 0 aliphatic heterocycles. The summed E-state index contributed by atoms with van der Waals surface area (Å²) < 4.78 is 74.5. The number of anilines is 1. The summed E-state index contributed by atoms with van der Waals surface area (Å²) in [5, 5.41) is 7.42. The molecule has 5 rings (SSSR count). The Kier molecular flexibility index (Phi) is 6.25. The summed E-state index contributed by atoms with van der Waals surface area (Å²) in [5.41, 5.74) is 2.11. The predicted octanol–water partition coefficient (Wildman–Crippen LogP) is 7.71. The van der Waals surface area contributed by atoms with Crippen molar-refractivity contribution >= 4 is 33.4 Å². The summed E-state index contributed by atoms with van der Waals surface area (Å²) in [5.74, 6) is -9.95. The van der Waals surface area contributed by atoms with Gasteiger partial charge >= 0.3 is 0 Å². The first-order valence-electron chi connectivity index (χ1n) is 10.9. The third kappa shape index (κ3) is 4.22. The topological polar surface area (TPSA) is 33.6 Å². The first-order valence-corrected chi connectivity index (χ1v) is 10.9. The van der Waals surface area contributed by atoms with Gasteiger partial charge in [-0.05, 0) is 33.2 Å². The predicted molar refractivity (Wildman–Crippen MR) is 130 cm³/mol. The second-order valence-corrected chi connectivity index (χ2v) is 7.94. The number of nitrogens with one attached hydrogen (secondary N) is 1. The zero-order valence-corrected chi connectivity index (χ0v) is 18.5. The van der Waals surface area contributed by atoms with Crippen LogP contribution < -0.4 is 10.2 Å². The van der Waals surface area contributed by atoms with Crippen LogP contribution in [0.2, 0.25) is 0 Å². The van der Waals surface area contributed by atoms with E-state index in [2.05, 4.69) is 5.10 Å². The molecule has 180 valence electrons. The van der Waals surface area contributed by atoms with Gasteiger partial charge in [0, 0.05) is 5.56 Å². The average molecular weight is 492 g/mol. The maximum Gasteiger partial charge on any atom is 0.200 e. The SMILES string of the molecule is Fc1c(F)c(F)c(N/N=C/c2c(OCc3cccc4ccccc34)ccc3ccccc23)c(F)c1F. The van der Waals surface area contributed by atoms with Crippen molar-refractivity contribution in [2.75, 3.05) is 5.43 Å². The second kappa shape index (κ2) is 9.65. The maximum absolute atomic E-state index is 14.0. The first-order chi connectivity index (χ1) is 17.5. The fourth-order valence-corrected chi connectivity index (χ4v) is 3.97. The molecule has 0 bridgehead atoms. The molecular weight excluding hydrogens is 475 g/mol. The molecule has 0 aliphatic carbocycles. The molecular formula is C28H17F5N2O. The second-order valence-electron chi connectivity index (χ2n) is 7.94. The zero-order valence-electron chi connectivity index (χ0n) is 18.5. The average Bonchev–Trinajstić information content (AvgIpc) is 2.91. The van der Waals surface area contributed by atoms with Gasteiger partial charge in [-0.25, -0.2) is 22.0 Å². The molecule has 0 amide bonds. The first kappa shape index (κ1) is 23.3. The summed E-state index contributed by atoms with van der Waals surface area (Å²) in [4.78, 5) is 0. The molecule has 3 nitrogen and oxygen atoms in total. The van der Waals surface area contributed by atoms with Crippen LogP contribution in [0.5, 0.6) is 5.75 Å². The molecule has 5 aromatic rings. The van der Waals surface area contributed by atoms with Crippen molar-refractivity contribution in [1.82, 2.24) is 0 Å². The number of fused-ring (bicyclic) bond motifs is 2. The summed E-state index contributed by atoms with van der Waals surface area (Å²) in [6.45, 7) is 0.228. The van der Waals surface area contributed by atoms with E-state index in [1.54, 1.807) is 18.2 Å². The van der Waals surface area contributed by atoms with Crippen molar-refractivity contribution in [3.63, 3.8) is 0 Å². The molecule has 0 radical (unpaired) electrons. The van der Waals surface area contributed by atoms with Crippen LogP contribution in [-0.2, 0) is 6.61 Å². The summed E-state index contributed by atoms with van der Waals surface area (Å²) in [6, 6.07) is 24.6. The van der Waals surface area contributed by atoms with Gasteiger partial charge in [0.2, 0.25) is 5.82 Å². The fraction of sp³-hybridized carbons (Fsp3) is 0.0357. The molecule has 36 heavy (non-hydrogen) atoms. The zero-order chi connectivity index (χ0) is 25.2. The molecule has 8 heteroatoms. The van der Waals surface area contributed by atoms with Crippen LogP contribution in [-0.4, -0.2) is 6.21 Å².